The third-order valence-corrected chi connectivity index (χ3v) is 3.17. The molecule has 5 heteroatoms. The van der Waals surface area contributed by atoms with Gasteiger partial charge < -0.3 is 5.73 Å². The number of nitrogens with two attached hydrogens (primary N) is 1. The molecule has 0 aliphatic heterocycles. The highest BCUT2D eigenvalue weighted by Gasteiger charge is 2.05. The van der Waals surface area contributed by atoms with Gasteiger partial charge in [0.15, 0.2) is 5.16 Å². The molecule has 0 unspecified atom stereocenters. The van der Waals surface area contributed by atoms with Crippen molar-refractivity contribution in [2.24, 2.45) is 5.73 Å². The molecule has 2 N–H and O–H groups in total. The molecule has 2 rings (SSSR count). The minimum absolute atomic E-state index is 0.217. The Balaban J connectivity index is 2.08. The minimum atomic E-state index is -0.217. The van der Waals surface area contributed by atoms with E-state index in [0.717, 1.165) is 5.56 Å². The Hall–Kier alpha value is -1.46. The standard InChI is InChI=1S/C12H12FN3S/c13-11-3-2-9(7-14)6-10(11)8-17-12-15-4-1-5-16-12/h1-6H,7-8,14H2. The molecule has 17 heavy (non-hydrogen) atoms. The van der Waals surface area contributed by atoms with E-state index in [1.54, 1.807) is 30.6 Å². The zero-order chi connectivity index (χ0) is 12.1. The maximum Gasteiger partial charge on any atom is 0.187 e. The number of nitrogens with zero attached hydrogens (tertiary/aromatic N) is 2. The van der Waals surface area contributed by atoms with Gasteiger partial charge in [-0.15, -0.1) is 0 Å². The molecular formula is C12H12FN3S. The Morgan fingerprint density at radius 2 is 2.00 bits per heavy atom. The van der Waals surface area contributed by atoms with E-state index in [0.29, 0.717) is 23.0 Å². The average Bonchev–Trinajstić information content (AvgIpc) is 2.39. The average molecular weight is 249 g/mol. The summed E-state index contributed by atoms with van der Waals surface area (Å²) in [6.07, 6.45) is 3.34. The van der Waals surface area contributed by atoms with E-state index in [1.807, 2.05) is 0 Å². The molecule has 2 aromatic rings. The molecule has 0 amide bonds. The van der Waals surface area contributed by atoms with Crippen molar-refractivity contribution in [2.45, 2.75) is 17.5 Å². The number of hydrogen-bond donors (Lipinski definition) is 1. The summed E-state index contributed by atoms with van der Waals surface area (Å²) in [6, 6.07) is 6.68. The third kappa shape index (κ3) is 3.25. The molecule has 3 nitrogen and oxygen atoms in total. The highest BCUT2D eigenvalue weighted by atomic mass is 32.2. The van der Waals surface area contributed by atoms with Gasteiger partial charge in [-0.1, -0.05) is 23.9 Å². The van der Waals surface area contributed by atoms with Gasteiger partial charge in [-0.2, -0.15) is 0 Å². The lowest BCUT2D eigenvalue weighted by Gasteiger charge is -2.04. The Bertz CT molecular complexity index is 490. The maximum absolute atomic E-state index is 13.5. The van der Waals surface area contributed by atoms with Crippen molar-refractivity contribution in [3.05, 3.63) is 53.6 Å². The predicted octanol–water partition coefficient (Wildman–Crippen LogP) is 2.37. The zero-order valence-corrected chi connectivity index (χ0v) is 9.95. The molecule has 88 valence electrons. The molecule has 0 bridgehead atoms. The second-order valence-corrected chi connectivity index (χ2v) is 4.39. The van der Waals surface area contributed by atoms with Gasteiger partial charge in [0.1, 0.15) is 5.82 Å². The highest BCUT2D eigenvalue weighted by molar-refractivity contribution is 7.98. The highest BCUT2D eigenvalue weighted by Crippen LogP contribution is 2.21. The van der Waals surface area contributed by atoms with Gasteiger partial charge in [-0.05, 0) is 23.3 Å². The molecular weight excluding hydrogens is 237 g/mol. The number of halogens is 1. The fourth-order valence-corrected chi connectivity index (χ4v) is 2.14. The van der Waals surface area contributed by atoms with Gasteiger partial charge in [0.25, 0.3) is 0 Å². The van der Waals surface area contributed by atoms with Gasteiger partial charge >= 0.3 is 0 Å². The summed E-state index contributed by atoms with van der Waals surface area (Å²) >= 11 is 1.40. The zero-order valence-electron chi connectivity index (χ0n) is 9.14. The Kier molecular flexibility index (Phi) is 4.06. The molecule has 0 saturated carbocycles. The summed E-state index contributed by atoms with van der Waals surface area (Å²) < 4.78 is 13.5. The first-order valence-electron chi connectivity index (χ1n) is 5.17. The predicted molar refractivity (Wildman–Crippen MR) is 65.9 cm³/mol. The normalized spacial score (nSPS) is 10.5. The molecule has 0 aliphatic carbocycles. The van der Waals surface area contributed by atoms with Crippen molar-refractivity contribution in [1.82, 2.24) is 9.97 Å². The van der Waals surface area contributed by atoms with Crippen LogP contribution in [0.4, 0.5) is 4.39 Å². The topological polar surface area (TPSA) is 51.8 Å². The summed E-state index contributed by atoms with van der Waals surface area (Å²) in [5.41, 5.74) is 7.08. The van der Waals surface area contributed by atoms with Crippen molar-refractivity contribution in [3.63, 3.8) is 0 Å². The van der Waals surface area contributed by atoms with Crippen LogP contribution in [0.25, 0.3) is 0 Å². The smallest absolute Gasteiger partial charge is 0.187 e. The third-order valence-electron chi connectivity index (χ3n) is 2.24. The number of aromatic nitrogens is 2. The SMILES string of the molecule is NCc1ccc(F)c(CSc2ncccn2)c1. The van der Waals surface area contributed by atoms with Gasteiger partial charge in [0, 0.05) is 24.7 Å². The molecule has 0 radical (unpaired) electrons. The lowest BCUT2D eigenvalue weighted by Crippen LogP contribution is -1.98. The number of thioether (sulfide) groups is 1. The summed E-state index contributed by atoms with van der Waals surface area (Å²) in [5, 5.41) is 0.644. The van der Waals surface area contributed by atoms with E-state index in [4.69, 9.17) is 5.73 Å². The minimum Gasteiger partial charge on any atom is -0.326 e. The largest absolute Gasteiger partial charge is 0.326 e. The molecule has 1 aromatic heterocycles. The van der Waals surface area contributed by atoms with E-state index < -0.39 is 0 Å². The first kappa shape index (κ1) is 12.0. The number of benzene rings is 1. The number of hydrogen-bond acceptors (Lipinski definition) is 4. The molecule has 1 heterocycles. The second kappa shape index (κ2) is 5.75. The molecule has 1 aromatic carbocycles. The first-order valence-corrected chi connectivity index (χ1v) is 6.15. The van der Waals surface area contributed by atoms with Crippen LogP contribution < -0.4 is 5.73 Å². The van der Waals surface area contributed by atoms with E-state index in [1.165, 1.54) is 17.8 Å². The Morgan fingerprint density at radius 1 is 1.24 bits per heavy atom. The van der Waals surface area contributed by atoms with E-state index in [9.17, 15) is 4.39 Å². The maximum atomic E-state index is 13.5. The van der Waals surface area contributed by atoms with Gasteiger partial charge in [0.05, 0.1) is 0 Å². The summed E-state index contributed by atoms with van der Waals surface area (Å²) in [6.45, 7) is 0.416. The fraction of sp³-hybridized carbons (Fsp3) is 0.167. The van der Waals surface area contributed by atoms with E-state index in [-0.39, 0.29) is 5.82 Å². The first-order chi connectivity index (χ1) is 8.29. The summed E-state index contributed by atoms with van der Waals surface area (Å²) in [5.74, 6) is 0.287. The Labute approximate surface area is 103 Å². The molecule has 0 fully saturated rings. The van der Waals surface area contributed by atoms with Crippen LogP contribution in [-0.4, -0.2) is 9.97 Å². The van der Waals surface area contributed by atoms with Crippen LogP contribution in [0.3, 0.4) is 0 Å². The van der Waals surface area contributed by atoms with E-state index in [2.05, 4.69) is 9.97 Å². The molecule has 0 saturated heterocycles. The lowest BCUT2D eigenvalue weighted by atomic mass is 10.1. The van der Waals surface area contributed by atoms with Crippen molar-refractivity contribution >= 4 is 11.8 Å². The monoisotopic (exact) mass is 249 g/mol. The summed E-state index contributed by atoms with van der Waals surface area (Å²) in [4.78, 5) is 8.14. The molecule has 0 atom stereocenters. The van der Waals surface area contributed by atoms with Crippen molar-refractivity contribution in [1.29, 1.82) is 0 Å². The van der Waals surface area contributed by atoms with Crippen LogP contribution in [0.15, 0.2) is 41.8 Å². The quantitative estimate of drug-likeness (QED) is 0.667. The summed E-state index contributed by atoms with van der Waals surface area (Å²) in [7, 11) is 0. The van der Waals surface area contributed by atoms with E-state index >= 15 is 0 Å². The molecule has 0 spiro atoms. The van der Waals surface area contributed by atoms with Crippen LogP contribution in [0.1, 0.15) is 11.1 Å². The van der Waals surface area contributed by atoms with Crippen LogP contribution in [0.5, 0.6) is 0 Å². The number of rotatable bonds is 4. The van der Waals surface area contributed by atoms with Crippen molar-refractivity contribution in [2.75, 3.05) is 0 Å². The van der Waals surface area contributed by atoms with Crippen molar-refractivity contribution in [3.8, 4) is 0 Å². The van der Waals surface area contributed by atoms with Crippen LogP contribution in [0, 0.1) is 5.82 Å². The second-order valence-electron chi connectivity index (χ2n) is 3.45. The van der Waals surface area contributed by atoms with Crippen LogP contribution >= 0.6 is 11.8 Å². The fourth-order valence-electron chi connectivity index (χ4n) is 1.37. The van der Waals surface area contributed by atoms with Gasteiger partial charge in [-0.3, -0.25) is 0 Å². The Morgan fingerprint density at radius 3 is 2.71 bits per heavy atom. The van der Waals surface area contributed by atoms with Crippen LogP contribution in [0.2, 0.25) is 0 Å². The van der Waals surface area contributed by atoms with Gasteiger partial charge in [0.2, 0.25) is 0 Å². The van der Waals surface area contributed by atoms with Gasteiger partial charge in [-0.25, -0.2) is 14.4 Å². The lowest BCUT2D eigenvalue weighted by molar-refractivity contribution is 0.616. The molecule has 0 aliphatic rings. The van der Waals surface area contributed by atoms with Crippen LogP contribution in [-0.2, 0) is 12.3 Å². The van der Waals surface area contributed by atoms with Crippen molar-refractivity contribution < 1.29 is 4.39 Å².